The average molecular weight is 286 g/mol. The van der Waals surface area contributed by atoms with Gasteiger partial charge in [-0.2, -0.15) is 0 Å². The zero-order valence-corrected chi connectivity index (χ0v) is 12.0. The number of methoxy groups -OCH3 is 1. The number of halogens is 1. The van der Waals surface area contributed by atoms with Crippen molar-refractivity contribution < 1.29 is 4.74 Å². The fraction of sp³-hybridized carbons (Fsp3) is 0.538. The molecule has 0 bridgehead atoms. The summed E-state index contributed by atoms with van der Waals surface area (Å²) >= 11 is 3.50. The Morgan fingerprint density at radius 2 is 2.06 bits per heavy atom. The molecule has 0 unspecified atom stereocenters. The van der Waals surface area contributed by atoms with Gasteiger partial charge in [-0.05, 0) is 38.0 Å². The topological polar surface area (TPSA) is 21.3 Å². The highest BCUT2D eigenvalue weighted by molar-refractivity contribution is 9.10. The van der Waals surface area contributed by atoms with Gasteiger partial charge in [0.2, 0.25) is 0 Å². The summed E-state index contributed by atoms with van der Waals surface area (Å²) in [5.41, 5.74) is 2.46. The minimum Gasteiger partial charge on any atom is -0.377 e. The van der Waals surface area contributed by atoms with Gasteiger partial charge in [0.15, 0.2) is 0 Å². The van der Waals surface area contributed by atoms with E-state index in [1.165, 1.54) is 11.1 Å². The number of benzene rings is 1. The smallest absolute Gasteiger partial charge is 0.0746 e. The first-order chi connectivity index (χ1) is 7.44. The van der Waals surface area contributed by atoms with Crippen LogP contribution in [0.1, 0.15) is 25.0 Å². The summed E-state index contributed by atoms with van der Waals surface area (Å²) in [7, 11) is 1.74. The summed E-state index contributed by atoms with van der Waals surface area (Å²) in [6.45, 7) is 7.98. The van der Waals surface area contributed by atoms with Gasteiger partial charge in [-0.1, -0.05) is 28.1 Å². The van der Waals surface area contributed by atoms with Gasteiger partial charge in [0.25, 0.3) is 0 Å². The van der Waals surface area contributed by atoms with E-state index >= 15 is 0 Å². The van der Waals surface area contributed by atoms with Crippen molar-refractivity contribution in [2.45, 2.75) is 32.9 Å². The van der Waals surface area contributed by atoms with Crippen molar-refractivity contribution in [2.24, 2.45) is 0 Å². The Kier molecular flexibility index (Phi) is 4.96. The maximum absolute atomic E-state index is 5.35. The molecule has 0 amide bonds. The molecule has 3 heteroatoms. The first-order valence-corrected chi connectivity index (χ1v) is 6.25. The van der Waals surface area contributed by atoms with E-state index in [4.69, 9.17) is 4.74 Å². The van der Waals surface area contributed by atoms with Crippen LogP contribution in [0.25, 0.3) is 0 Å². The van der Waals surface area contributed by atoms with Gasteiger partial charge < -0.3 is 10.1 Å². The van der Waals surface area contributed by atoms with Gasteiger partial charge in [0.1, 0.15) is 0 Å². The van der Waals surface area contributed by atoms with Gasteiger partial charge in [-0.3, -0.25) is 0 Å². The van der Waals surface area contributed by atoms with Gasteiger partial charge in [-0.15, -0.1) is 0 Å². The lowest BCUT2D eigenvalue weighted by molar-refractivity contribution is 0.0231. The predicted molar refractivity (Wildman–Crippen MR) is 71.7 cm³/mol. The maximum Gasteiger partial charge on any atom is 0.0746 e. The molecular formula is C13H20BrNO. The van der Waals surface area contributed by atoms with Crippen LogP contribution in [-0.2, 0) is 11.3 Å². The SMILES string of the molecule is COC(C)(C)CNCc1ccc(Br)c(C)c1. The fourth-order valence-corrected chi connectivity index (χ4v) is 1.64. The van der Waals surface area contributed by atoms with Crippen LogP contribution in [0.5, 0.6) is 0 Å². The minimum atomic E-state index is -0.107. The molecule has 0 heterocycles. The third-order valence-corrected chi connectivity index (χ3v) is 3.54. The van der Waals surface area contributed by atoms with Crippen molar-refractivity contribution in [2.75, 3.05) is 13.7 Å². The quantitative estimate of drug-likeness (QED) is 0.897. The van der Waals surface area contributed by atoms with Gasteiger partial charge in [0, 0.05) is 24.7 Å². The standard InChI is InChI=1S/C13H20BrNO/c1-10-7-11(5-6-12(10)14)8-15-9-13(2,3)16-4/h5-7,15H,8-9H2,1-4H3. The molecule has 1 aromatic rings. The lowest BCUT2D eigenvalue weighted by Crippen LogP contribution is -2.36. The van der Waals surface area contributed by atoms with Crippen molar-refractivity contribution in [1.29, 1.82) is 0 Å². The number of rotatable bonds is 5. The van der Waals surface area contributed by atoms with E-state index in [0.717, 1.165) is 17.6 Å². The Bertz CT molecular complexity index is 350. The van der Waals surface area contributed by atoms with Gasteiger partial charge in [-0.25, -0.2) is 0 Å². The van der Waals surface area contributed by atoms with Crippen molar-refractivity contribution in [3.05, 3.63) is 33.8 Å². The number of hydrogen-bond acceptors (Lipinski definition) is 2. The molecule has 1 N–H and O–H groups in total. The Morgan fingerprint density at radius 3 is 2.62 bits per heavy atom. The van der Waals surface area contributed by atoms with Crippen LogP contribution in [0.3, 0.4) is 0 Å². The molecule has 0 aliphatic rings. The molecule has 90 valence electrons. The number of nitrogens with one attached hydrogen (secondary N) is 1. The highest BCUT2D eigenvalue weighted by atomic mass is 79.9. The average Bonchev–Trinajstić information content (AvgIpc) is 2.23. The molecule has 0 radical (unpaired) electrons. The Morgan fingerprint density at radius 1 is 1.38 bits per heavy atom. The normalized spacial score (nSPS) is 11.8. The molecule has 0 saturated carbocycles. The molecule has 16 heavy (non-hydrogen) atoms. The molecular weight excluding hydrogens is 266 g/mol. The van der Waals surface area contributed by atoms with Crippen LogP contribution < -0.4 is 5.32 Å². The highest BCUT2D eigenvalue weighted by Gasteiger charge is 2.14. The van der Waals surface area contributed by atoms with E-state index in [1.54, 1.807) is 7.11 Å². The van der Waals surface area contributed by atoms with E-state index in [0.29, 0.717) is 0 Å². The molecule has 0 fully saturated rings. The zero-order valence-electron chi connectivity index (χ0n) is 10.4. The molecule has 0 aliphatic heterocycles. The second-order valence-corrected chi connectivity index (χ2v) is 5.51. The highest BCUT2D eigenvalue weighted by Crippen LogP contribution is 2.17. The van der Waals surface area contributed by atoms with E-state index in [1.807, 2.05) is 0 Å². The van der Waals surface area contributed by atoms with E-state index < -0.39 is 0 Å². The van der Waals surface area contributed by atoms with Crippen LogP contribution in [0.4, 0.5) is 0 Å². The molecule has 1 rings (SSSR count). The van der Waals surface area contributed by atoms with E-state index in [2.05, 4.69) is 60.2 Å². The molecule has 2 nitrogen and oxygen atoms in total. The summed E-state index contributed by atoms with van der Waals surface area (Å²) in [6.07, 6.45) is 0. The van der Waals surface area contributed by atoms with Crippen molar-refractivity contribution in [3.63, 3.8) is 0 Å². The summed E-state index contributed by atoms with van der Waals surface area (Å²) < 4.78 is 6.51. The Labute approximate surface area is 107 Å². The van der Waals surface area contributed by atoms with Gasteiger partial charge in [0.05, 0.1) is 5.60 Å². The Hall–Kier alpha value is -0.380. The van der Waals surface area contributed by atoms with Crippen LogP contribution in [0.15, 0.2) is 22.7 Å². The maximum atomic E-state index is 5.35. The second kappa shape index (κ2) is 5.80. The molecule has 0 aromatic heterocycles. The largest absolute Gasteiger partial charge is 0.377 e. The molecule has 0 saturated heterocycles. The van der Waals surface area contributed by atoms with Crippen molar-refractivity contribution in [3.8, 4) is 0 Å². The van der Waals surface area contributed by atoms with E-state index in [9.17, 15) is 0 Å². The molecule has 0 atom stereocenters. The van der Waals surface area contributed by atoms with Crippen LogP contribution in [0, 0.1) is 6.92 Å². The first kappa shape index (κ1) is 13.7. The summed E-state index contributed by atoms with van der Waals surface area (Å²) in [4.78, 5) is 0. The van der Waals surface area contributed by atoms with Crippen LogP contribution >= 0.6 is 15.9 Å². The second-order valence-electron chi connectivity index (χ2n) is 4.65. The zero-order chi connectivity index (χ0) is 12.2. The lowest BCUT2D eigenvalue weighted by atomic mass is 10.1. The third-order valence-electron chi connectivity index (χ3n) is 2.65. The number of ether oxygens (including phenoxy) is 1. The van der Waals surface area contributed by atoms with E-state index in [-0.39, 0.29) is 5.60 Å². The first-order valence-electron chi connectivity index (χ1n) is 5.45. The fourth-order valence-electron chi connectivity index (χ4n) is 1.40. The monoisotopic (exact) mass is 285 g/mol. The molecule has 0 spiro atoms. The summed E-state index contributed by atoms with van der Waals surface area (Å²) in [5.74, 6) is 0. The van der Waals surface area contributed by atoms with Gasteiger partial charge >= 0.3 is 0 Å². The Balaban J connectivity index is 2.46. The molecule has 0 aliphatic carbocycles. The minimum absolute atomic E-state index is 0.107. The summed E-state index contributed by atoms with van der Waals surface area (Å²) in [6, 6.07) is 6.41. The van der Waals surface area contributed by atoms with Crippen molar-refractivity contribution >= 4 is 15.9 Å². The number of hydrogen-bond donors (Lipinski definition) is 1. The van der Waals surface area contributed by atoms with Crippen LogP contribution in [0.2, 0.25) is 0 Å². The lowest BCUT2D eigenvalue weighted by Gasteiger charge is -2.23. The molecule has 1 aromatic carbocycles. The number of aryl methyl sites for hydroxylation is 1. The summed E-state index contributed by atoms with van der Waals surface area (Å²) in [5, 5.41) is 3.40. The third kappa shape index (κ3) is 4.24. The van der Waals surface area contributed by atoms with Crippen LogP contribution in [-0.4, -0.2) is 19.3 Å². The van der Waals surface area contributed by atoms with Crippen molar-refractivity contribution in [1.82, 2.24) is 5.32 Å². The predicted octanol–water partition coefficient (Wildman–Crippen LogP) is 3.27.